The highest BCUT2D eigenvalue weighted by Gasteiger charge is 2.29. The molecule has 25 heavy (non-hydrogen) atoms. The van der Waals surface area contributed by atoms with Crippen LogP contribution < -0.4 is 5.32 Å². The van der Waals surface area contributed by atoms with Crippen molar-refractivity contribution in [3.63, 3.8) is 0 Å². The molecule has 3 amide bonds. The molecule has 4 rings (SSSR count). The van der Waals surface area contributed by atoms with E-state index in [1.807, 2.05) is 0 Å². The van der Waals surface area contributed by atoms with E-state index >= 15 is 0 Å². The zero-order valence-corrected chi connectivity index (χ0v) is 13.8. The van der Waals surface area contributed by atoms with E-state index < -0.39 is 11.8 Å². The van der Waals surface area contributed by atoms with Crippen LogP contribution >= 0.6 is 11.8 Å². The van der Waals surface area contributed by atoms with Gasteiger partial charge in [0, 0.05) is 18.7 Å². The number of amidine groups is 1. The first-order valence-electron chi connectivity index (χ1n) is 7.30. The summed E-state index contributed by atoms with van der Waals surface area (Å²) in [6.45, 7) is 0. The molecule has 3 heterocycles. The number of likely N-dealkylation sites (N-methyl/N-ethyl adjacent to an activating group) is 1. The maximum Gasteiger partial charge on any atom is 0.266 e. The van der Waals surface area contributed by atoms with Crippen LogP contribution in [0.5, 0.6) is 0 Å². The number of hydrogen-bond donors (Lipinski definition) is 2. The number of rotatable bonds is 2. The molecule has 8 heteroatoms. The largest absolute Gasteiger partial charge is 0.457 e. The van der Waals surface area contributed by atoms with Crippen LogP contribution in [0.4, 0.5) is 0 Å². The third kappa shape index (κ3) is 2.47. The van der Waals surface area contributed by atoms with Crippen molar-refractivity contribution < 1.29 is 18.8 Å². The van der Waals surface area contributed by atoms with Gasteiger partial charge in [-0.1, -0.05) is 6.07 Å². The Balaban J connectivity index is 1.66. The molecule has 0 unspecified atom stereocenters. The van der Waals surface area contributed by atoms with Gasteiger partial charge in [0.1, 0.15) is 11.5 Å². The number of carbonyl (C=O) groups is 3. The summed E-state index contributed by atoms with van der Waals surface area (Å²) in [5, 5.41) is 10.1. The summed E-state index contributed by atoms with van der Waals surface area (Å²) in [6, 6.07) is 8.31. The van der Waals surface area contributed by atoms with Gasteiger partial charge in [0.25, 0.3) is 17.7 Å². The van der Waals surface area contributed by atoms with E-state index in [-0.39, 0.29) is 11.1 Å². The molecule has 2 aromatic rings. The molecule has 2 aliphatic rings. The van der Waals surface area contributed by atoms with E-state index in [1.54, 1.807) is 43.5 Å². The highest BCUT2D eigenvalue weighted by Crippen LogP contribution is 2.32. The van der Waals surface area contributed by atoms with Crippen LogP contribution in [-0.4, -0.2) is 34.8 Å². The Hall–Kier alpha value is -3.13. The maximum atomic E-state index is 12.0. The smallest absolute Gasteiger partial charge is 0.266 e. The molecule has 0 atom stereocenters. The zero-order valence-electron chi connectivity index (χ0n) is 13.0. The Labute approximate surface area is 146 Å². The molecule has 7 nitrogen and oxygen atoms in total. The van der Waals surface area contributed by atoms with E-state index in [2.05, 4.69) is 5.32 Å². The monoisotopic (exact) mass is 353 g/mol. The van der Waals surface area contributed by atoms with Gasteiger partial charge in [-0.3, -0.25) is 30.0 Å². The molecule has 0 saturated carbocycles. The van der Waals surface area contributed by atoms with Gasteiger partial charge in [0.2, 0.25) is 0 Å². The average molecular weight is 353 g/mol. The molecule has 1 aromatic heterocycles. The lowest BCUT2D eigenvalue weighted by Crippen LogP contribution is -2.22. The van der Waals surface area contributed by atoms with Crippen molar-refractivity contribution in [1.29, 1.82) is 5.41 Å². The molecule has 1 aromatic carbocycles. The first-order valence-corrected chi connectivity index (χ1v) is 8.12. The first-order chi connectivity index (χ1) is 11.9. The van der Waals surface area contributed by atoms with E-state index in [1.165, 1.54) is 4.90 Å². The summed E-state index contributed by atoms with van der Waals surface area (Å²) in [5.41, 5.74) is 1.32. The zero-order chi connectivity index (χ0) is 17.7. The molecule has 124 valence electrons. The summed E-state index contributed by atoms with van der Waals surface area (Å²) in [6.07, 6.45) is 1.58. The molecule has 0 bridgehead atoms. The summed E-state index contributed by atoms with van der Waals surface area (Å²) in [7, 11) is 1.54. The van der Waals surface area contributed by atoms with Gasteiger partial charge in [-0.2, -0.15) is 0 Å². The number of nitrogens with one attached hydrogen (secondary N) is 2. The van der Waals surface area contributed by atoms with Gasteiger partial charge in [-0.25, -0.2) is 0 Å². The topological polar surface area (TPSA) is 103 Å². The molecule has 0 radical (unpaired) electrons. The van der Waals surface area contributed by atoms with Gasteiger partial charge >= 0.3 is 0 Å². The number of hydrogen-bond acceptors (Lipinski definition) is 6. The Kier molecular flexibility index (Phi) is 3.36. The number of benzene rings is 1. The van der Waals surface area contributed by atoms with Crippen LogP contribution in [0, 0.1) is 5.41 Å². The third-order valence-corrected chi connectivity index (χ3v) is 4.93. The minimum absolute atomic E-state index is 0.164. The second kappa shape index (κ2) is 5.45. The van der Waals surface area contributed by atoms with Gasteiger partial charge in [-0.05, 0) is 36.0 Å². The summed E-state index contributed by atoms with van der Waals surface area (Å²) < 4.78 is 5.72. The predicted octanol–water partition coefficient (Wildman–Crippen LogP) is 2.31. The van der Waals surface area contributed by atoms with Crippen LogP contribution in [0.15, 0.2) is 39.7 Å². The van der Waals surface area contributed by atoms with Gasteiger partial charge in [0.15, 0.2) is 5.17 Å². The number of fused-ring (bicyclic) bond motifs is 1. The minimum atomic E-state index is -0.426. The number of thioether (sulfide) groups is 1. The second-order valence-corrected chi connectivity index (χ2v) is 6.56. The predicted molar refractivity (Wildman–Crippen MR) is 92.0 cm³/mol. The lowest BCUT2D eigenvalue weighted by molar-refractivity contribution is -0.121. The van der Waals surface area contributed by atoms with Crippen molar-refractivity contribution in [2.45, 2.75) is 0 Å². The van der Waals surface area contributed by atoms with Crippen molar-refractivity contribution in [3.8, 4) is 11.3 Å². The van der Waals surface area contributed by atoms with Crippen molar-refractivity contribution in [2.75, 3.05) is 7.05 Å². The summed E-state index contributed by atoms with van der Waals surface area (Å²) in [4.78, 5) is 37.0. The number of nitrogens with zero attached hydrogens (tertiary/aromatic N) is 1. The molecule has 1 fully saturated rings. The maximum absolute atomic E-state index is 12.0. The molecule has 0 spiro atoms. The molecule has 1 saturated heterocycles. The van der Waals surface area contributed by atoms with Crippen LogP contribution in [0.25, 0.3) is 17.4 Å². The Bertz CT molecular complexity index is 1010. The fraction of sp³-hybridized carbons (Fsp3) is 0.0588. The van der Waals surface area contributed by atoms with Crippen LogP contribution in [0.3, 0.4) is 0 Å². The third-order valence-electron chi connectivity index (χ3n) is 3.95. The molecular formula is C17H11N3O4S. The highest BCUT2D eigenvalue weighted by molar-refractivity contribution is 8.18. The normalized spacial score (nSPS) is 18.3. The molecule has 0 aliphatic carbocycles. The van der Waals surface area contributed by atoms with Crippen LogP contribution in [0.2, 0.25) is 0 Å². The van der Waals surface area contributed by atoms with Crippen molar-refractivity contribution in [3.05, 3.63) is 52.1 Å². The van der Waals surface area contributed by atoms with Crippen molar-refractivity contribution in [2.24, 2.45) is 0 Å². The molecule has 2 aliphatic heterocycles. The van der Waals surface area contributed by atoms with Crippen molar-refractivity contribution >= 4 is 40.7 Å². The summed E-state index contributed by atoms with van der Waals surface area (Å²) in [5.74, 6) is -0.0960. The van der Waals surface area contributed by atoms with E-state index in [4.69, 9.17) is 9.83 Å². The minimum Gasteiger partial charge on any atom is -0.457 e. The summed E-state index contributed by atoms with van der Waals surface area (Å²) >= 11 is 1.07. The quantitative estimate of drug-likeness (QED) is 0.637. The Morgan fingerprint density at radius 1 is 1.12 bits per heavy atom. The average Bonchev–Trinajstić information content (AvgIpc) is 3.23. The SMILES string of the molecule is CN1C(=N)SC(=Cc2ccc(-c3ccc4c(c3)C(=O)NC4=O)o2)C1=O. The standard InChI is InChI=1S/C17H11N3O4S/c1-20-16(23)13(25-17(20)18)7-9-3-5-12(24-9)8-2-4-10-11(6-8)15(22)19-14(10)21/h2-7,18H,1H3,(H,19,21,22). The van der Waals surface area contributed by atoms with Crippen LogP contribution in [0.1, 0.15) is 26.5 Å². The van der Waals surface area contributed by atoms with Gasteiger partial charge in [0.05, 0.1) is 16.0 Å². The number of amides is 3. The van der Waals surface area contributed by atoms with Crippen LogP contribution in [-0.2, 0) is 4.79 Å². The van der Waals surface area contributed by atoms with Crippen molar-refractivity contribution in [1.82, 2.24) is 10.2 Å². The molecular weight excluding hydrogens is 342 g/mol. The molecule has 2 N–H and O–H groups in total. The van der Waals surface area contributed by atoms with Gasteiger partial charge in [-0.15, -0.1) is 0 Å². The Morgan fingerprint density at radius 3 is 2.60 bits per heavy atom. The second-order valence-electron chi connectivity index (χ2n) is 5.53. The number of carbonyl (C=O) groups excluding carboxylic acids is 3. The number of furan rings is 1. The lowest BCUT2D eigenvalue weighted by Gasteiger charge is -2.03. The fourth-order valence-corrected chi connectivity index (χ4v) is 3.43. The van der Waals surface area contributed by atoms with E-state index in [9.17, 15) is 14.4 Å². The lowest BCUT2D eigenvalue weighted by atomic mass is 10.0. The van der Waals surface area contributed by atoms with E-state index in [0.29, 0.717) is 33.1 Å². The number of imide groups is 1. The first kappa shape index (κ1) is 15.4. The van der Waals surface area contributed by atoms with E-state index in [0.717, 1.165) is 11.8 Å². The fourth-order valence-electron chi connectivity index (χ4n) is 2.60. The highest BCUT2D eigenvalue weighted by atomic mass is 32.2. The van der Waals surface area contributed by atoms with Gasteiger partial charge < -0.3 is 4.42 Å². The Morgan fingerprint density at radius 2 is 1.88 bits per heavy atom.